The molecule has 1 saturated heterocycles. The van der Waals surface area contributed by atoms with Crippen molar-refractivity contribution in [1.29, 1.82) is 0 Å². The number of hydrogen-bond acceptors (Lipinski definition) is 9. The zero-order valence-corrected chi connectivity index (χ0v) is 25.6. The quantitative estimate of drug-likeness (QED) is 0.153. The minimum absolute atomic E-state index is 0.182. The smallest absolute Gasteiger partial charge is 0.259 e. The summed E-state index contributed by atoms with van der Waals surface area (Å²) in [5, 5.41) is 19.9. The molecule has 1 aromatic heterocycles. The molecule has 5 rings (SSSR count). The van der Waals surface area contributed by atoms with E-state index < -0.39 is 0 Å². The van der Waals surface area contributed by atoms with Gasteiger partial charge in [-0.3, -0.25) is 9.59 Å². The Morgan fingerprint density at radius 2 is 1.80 bits per heavy atom. The molecule has 4 aromatic rings. The number of oxime groups is 1. The molecule has 2 N–H and O–H groups in total. The SMILES string of the molecule is COc1ccccc1-c1noc(C)c1C(=O)N1CCN(c2cc(NC(=O)c3ccc(N(C)C)cc3)c(/C=N\O)cc2Cl)CC1. The van der Waals surface area contributed by atoms with Gasteiger partial charge in [-0.05, 0) is 55.5 Å². The number of carbonyl (C=O) groups is 2. The van der Waals surface area contributed by atoms with Crippen LogP contribution in [0, 0.1) is 6.92 Å². The number of hydrogen-bond donors (Lipinski definition) is 2. The van der Waals surface area contributed by atoms with Gasteiger partial charge in [0.2, 0.25) is 0 Å². The van der Waals surface area contributed by atoms with Crippen LogP contribution in [0.4, 0.5) is 17.1 Å². The molecule has 1 aliphatic heterocycles. The van der Waals surface area contributed by atoms with E-state index in [4.69, 9.17) is 20.9 Å². The first-order chi connectivity index (χ1) is 21.2. The van der Waals surface area contributed by atoms with Gasteiger partial charge in [-0.25, -0.2) is 0 Å². The van der Waals surface area contributed by atoms with Crippen molar-refractivity contribution in [1.82, 2.24) is 10.1 Å². The highest BCUT2D eigenvalue weighted by atomic mass is 35.5. The molecule has 0 bridgehead atoms. The average Bonchev–Trinajstić information content (AvgIpc) is 3.42. The fraction of sp³-hybridized carbons (Fsp3) is 0.250. The lowest BCUT2D eigenvalue weighted by molar-refractivity contribution is 0.0745. The number of rotatable bonds is 8. The van der Waals surface area contributed by atoms with Crippen molar-refractivity contribution in [2.75, 3.05) is 62.5 Å². The van der Waals surface area contributed by atoms with Crippen molar-refractivity contribution in [3.63, 3.8) is 0 Å². The van der Waals surface area contributed by atoms with Gasteiger partial charge in [0.25, 0.3) is 11.8 Å². The van der Waals surface area contributed by atoms with Crippen LogP contribution < -0.4 is 19.9 Å². The summed E-state index contributed by atoms with van der Waals surface area (Å²) in [5.41, 5.74) is 4.52. The summed E-state index contributed by atoms with van der Waals surface area (Å²) < 4.78 is 10.9. The number of nitrogens with one attached hydrogen (secondary N) is 1. The monoisotopic (exact) mass is 616 g/mol. The van der Waals surface area contributed by atoms with Crippen molar-refractivity contribution in [2.45, 2.75) is 6.92 Å². The van der Waals surface area contributed by atoms with E-state index >= 15 is 0 Å². The molecule has 2 amide bonds. The second-order valence-electron chi connectivity index (χ2n) is 10.5. The first-order valence-electron chi connectivity index (χ1n) is 14.0. The minimum atomic E-state index is -0.318. The van der Waals surface area contributed by atoms with Gasteiger partial charge in [0, 0.05) is 62.7 Å². The lowest BCUT2D eigenvalue weighted by Gasteiger charge is -2.36. The maximum absolute atomic E-state index is 13.7. The summed E-state index contributed by atoms with van der Waals surface area (Å²) >= 11 is 6.67. The van der Waals surface area contributed by atoms with E-state index in [-0.39, 0.29) is 11.8 Å². The van der Waals surface area contributed by atoms with E-state index in [9.17, 15) is 14.8 Å². The number of benzene rings is 3. The van der Waals surface area contributed by atoms with Crippen molar-refractivity contribution in [3.05, 3.63) is 88.1 Å². The van der Waals surface area contributed by atoms with E-state index in [0.29, 0.717) is 82.0 Å². The summed E-state index contributed by atoms with van der Waals surface area (Å²) in [7, 11) is 5.42. The minimum Gasteiger partial charge on any atom is -0.496 e. The maximum atomic E-state index is 13.7. The summed E-state index contributed by atoms with van der Waals surface area (Å²) in [6, 6.07) is 18.0. The van der Waals surface area contributed by atoms with Crippen LogP contribution in [0.2, 0.25) is 5.02 Å². The molecular formula is C32H33ClN6O5. The Balaban J connectivity index is 1.34. The second kappa shape index (κ2) is 13.1. The third kappa shape index (κ3) is 6.18. The van der Waals surface area contributed by atoms with E-state index in [2.05, 4.69) is 20.5 Å². The number of anilines is 3. The van der Waals surface area contributed by atoms with Crippen LogP contribution in [0.25, 0.3) is 11.3 Å². The Morgan fingerprint density at radius 1 is 1.09 bits per heavy atom. The summed E-state index contributed by atoms with van der Waals surface area (Å²) in [5.74, 6) is 0.524. The molecule has 0 atom stereocenters. The Morgan fingerprint density at radius 3 is 2.45 bits per heavy atom. The number of carbonyl (C=O) groups excluding carboxylic acids is 2. The molecule has 1 fully saturated rings. The topological polar surface area (TPSA) is 124 Å². The molecular weight excluding hydrogens is 584 g/mol. The van der Waals surface area contributed by atoms with Crippen molar-refractivity contribution < 1.29 is 24.1 Å². The Bertz CT molecular complexity index is 1690. The largest absolute Gasteiger partial charge is 0.496 e. The second-order valence-corrected chi connectivity index (χ2v) is 10.9. The lowest BCUT2D eigenvalue weighted by atomic mass is 10.0. The fourth-order valence-corrected chi connectivity index (χ4v) is 5.45. The molecule has 44 heavy (non-hydrogen) atoms. The fourth-order valence-electron chi connectivity index (χ4n) is 5.16. The highest BCUT2D eigenvalue weighted by Crippen LogP contribution is 2.35. The highest BCUT2D eigenvalue weighted by molar-refractivity contribution is 6.34. The highest BCUT2D eigenvalue weighted by Gasteiger charge is 2.30. The van der Waals surface area contributed by atoms with Crippen molar-refractivity contribution in [3.8, 4) is 17.0 Å². The summed E-state index contributed by atoms with van der Waals surface area (Å²) in [4.78, 5) is 32.6. The molecule has 12 heteroatoms. The Hall–Kier alpha value is -5.03. The first-order valence-corrected chi connectivity index (χ1v) is 14.3. The van der Waals surface area contributed by atoms with Gasteiger partial charge >= 0.3 is 0 Å². The van der Waals surface area contributed by atoms with E-state index in [1.54, 1.807) is 43.2 Å². The van der Waals surface area contributed by atoms with Gasteiger partial charge in [-0.1, -0.05) is 34.0 Å². The molecule has 0 radical (unpaired) electrons. The van der Waals surface area contributed by atoms with Crippen LogP contribution in [0.15, 0.2) is 70.3 Å². The number of methoxy groups -OCH3 is 1. The maximum Gasteiger partial charge on any atom is 0.259 e. The Labute approximate surface area is 260 Å². The molecule has 3 aromatic carbocycles. The van der Waals surface area contributed by atoms with Crippen molar-refractivity contribution in [2.24, 2.45) is 5.16 Å². The van der Waals surface area contributed by atoms with Crippen LogP contribution in [-0.4, -0.2) is 80.7 Å². The van der Waals surface area contributed by atoms with E-state index in [1.165, 1.54) is 6.21 Å². The number of nitrogens with zero attached hydrogens (tertiary/aromatic N) is 5. The standard InChI is InChI=1S/C32H33ClN6O5/c1-20-29(30(36-44-20)24-7-5-6-8-28(24)43-4)32(41)39-15-13-38(14-16-39)27-18-26(22(19-34-42)17-25(27)33)35-31(40)21-9-11-23(12-10-21)37(2)3/h5-12,17-19,42H,13-16H2,1-4H3,(H,35,40)/b34-19-. The predicted octanol–water partition coefficient (Wildman–Crippen LogP) is 5.40. The van der Waals surface area contributed by atoms with Crippen LogP contribution in [0.3, 0.4) is 0 Å². The van der Waals surface area contributed by atoms with Crippen molar-refractivity contribution >= 4 is 46.7 Å². The zero-order chi connectivity index (χ0) is 31.4. The van der Waals surface area contributed by atoms with Gasteiger partial charge in [0.1, 0.15) is 22.8 Å². The summed E-state index contributed by atoms with van der Waals surface area (Å²) in [6.45, 7) is 3.55. The summed E-state index contributed by atoms with van der Waals surface area (Å²) in [6.07, 6.45) is 1.22. The first kappa shape index (κ1) is 30.4. The van der Waals surface area contributed by atoms with Gasteiger partial charge in [-0.2, -0.15) is 0 Å². The molecule has 1 aliphatic rings. The normalized spacial score (nSPS) is 13.3. The molecule has 0 spiro atoms. The van der Waals surface area contributed by atoms with Crippen LogP contribution in [0.1, 0.15) is 32.0 Å². The number of aromatic nitrogens is 1. The third-order valence-electron chi connectivity index (χ3n) is 7.56. The number of para-hydroxylation sites is 1. The lowest BCUT2D eigenvalue weighted by Crippen LogP contribution is -2.49. The van der Waals surface area contributed by atoms with E-state index in [0.717, 1.165) is 5.69 Å². The number of ether oxygens (including phenoxy) is 1. The molecule has 0 aliphatic carbocycles. The van der Waals surface area contributed by atoms with Gasteiger partial charge in [0.05, 0.1) is 29.7 Å². The van der Waals surface area contributed by atoms with Crippen LogP contribution >= 0.6 is 11.6 Å². The molecule has 228 valence electrons. The molecule has 2 heterocycles. The molecule has 11 nitrogen and oxygen atoms in total. The number of halogens is 1. The van der Waals surface area contributed by atoms with Gasteiger partial charge in [0.15, 0.2) is 0 Å². The van der Waals surface area contributed by atoms with Gasteiger partial charge in [-0.15, -0.1) is 0 Å². The molecule has 0 unspecified atom stereocenters. The molecule has 0 saturated carbocycles. The average molecular weight is 617 g/mol. The number of amides is 2. The number of aryl methyl sites for hydroxylation is 1. The Kier molecular flexibility index (Phi) is 9.05. The van der Waals surface area contributed by atoms with Crippen LogP contribution in [-0.2, 0) is 0 Å². The number of piperazine rings is 1. The zero-order valence-electron chi connectivity index (χ0n) is 24.9. The predicted molar refractivity (Wildman–Crippen MR) is 171 cm³/mol. The third-order valence-corrected chi connectivity index (χ3v) is 7.86. The van der Waals surface area contributed by atoms with E-state index in [1.807, 2.05) is 55.4 Å². The van der Waals surface area contributed by atoms with Gasteiger partial charge < -0.3 is 34.5 Å². The van der Waals surface area contributed by atoms with Crippen LogP contribution in [0.5, 0.6) is 5.75 Å².